The van der Waals surface area contributed by atoms with Gasteiger partial charge in [-0.3, -0.25) is 11.3 Å². The molecule has 2 rings (SSSR count). The molecule has 0 aliphatic heterocycles. The Kier molecular flexibility index (Phi) is 4.75. The Morgan fingerprint density at radius 2 is 2.33 bits per heavy atom. The average Bonchev–Trinajstić information content (AvgIpc) is 2.75. The van der Waals surface area contributed by atoms with Gasteiger partial charge >= 0.3 is 0 Å². The fraction of sp³-hybridized carbons (Fsp3) is 0.250. The monoisotopic (exact) mass is 345 g/mol. The largest absolute Gasteiger partial charge is 0.271 e. The minimum absolute atomic E-state index is 0.0143. The van der Waals surface area contributed by atoms with Gasteiger partial charge in [-0.15, -0.1) is 11.3 Å². The molecule has 0 saturated carbocycles. The van der Waals surface area contributed by atoms with Crippen molar-refractivity contribution in [2.45, 2.75) is 19.4 Å². The molecule has 0 fully saturated rings. The van der Waals surface area contributed by atoms with Crippen LogP contribution < -0.4 is 11.3 Å². The Bertz CT molecular complexity index is 544. The predicted octanol–water partition coefficient (Wildman–Crippen LogP) is 3.61. The number of hydrogen-bond donors (Lipinski definition) is 2. The number of aromatic nitrogens is 1. The van der Waals surface area contributed by atoms with E-state index in [9.17, 15) is 0 Å². The number of nitrogens with one attached hydrogen (secondary N) is 1. The van der Waals surface area contributed by atoms with Gasteiger partial charge in [0.2, 0.25) is 0 Å². The van der Waals surface area contributed by atoms with Crippen LogP contribution in [0.1, 0.15) is 22.3 Å². The number of rotatable bonds is 4. The Labute approximate surface area is 123 Å². The Morgan fingerprint density at radius 1 is 1.56 bits per heavy atom. The molecule has 1 unspecified atom stereocenters. The SMILES string of the molecule is Cc1nc(CC(NN)c2cc(Cl)ccc2Br)cs1. The number of benzene rings is 1. The first-order valence-electron chi connectivity index (χ1n) is 5.42. The molecular formula is C12H13BrClN3S. The molecule has 96 valence electrons. The second kappa shape index (κ2) is 6.12. The maximum absolute atomic E-state index is 6.02. The van der Waals surface area contributed by atoms with Crippen molar-refractivity contribution in [3.63, 3.8) is 0 Å². The molecule has 0 saturated heterocycles. The van der Waals surface area contributed by atoms with Crippen LogP contribution in [-0.4, -0.2) is 4.98 Å². The maximum atomic E-state index is 6.02. The number of hydrogen-bond acceptors (Lipinski definition) is 4. The molecule has 1 heterocycles. The van der Waals surface area contributed by atoms with E-state index in [4.69, 9.17) is 17.4 Å². The molecule has 2 aromatic rings. The van der Waals surface area contributed by atoms with Crippen LogP contribution in [0.4, 0.5) is 0 Å². The van der Waals surface area contributed by atoms with E-state index >= 15 is 0 Å². The minimum atomic E-state index is -0.0143. The lowest BCUT2D eigenvalue weighted by atomic mass is 10.0. The molecule has 6 heteroatoms. The number of aryl methyl sites for hydroxylation is 1. The third-order valence-corrected chi connectivity index (χ3v) is 4.39. The molecular weight excluding hydrogens is 334 g/mol. The van der Waals surface area contributed by atoms with Gasteiger partial charge in [0.15, 0.2) is 0 Å². The molecule has 0 bridgehead atoms. The lowest BCUT2D eigenvalue weighted by Gasteiger charge is -2.17. The van der Waals surface area contributed by atoms with Gasteiger partial charge in [-0.2, -0.15) is 0 Å². The Morgan fingerprint density at radius 3 is 2.94 bits per heavy atom. The van der Waals surface area contributed by atoms with Gasteiger partial charge in [0.05, 0.1) is 16.7 Å². The molecule has 18 heavy (non-hydrogen) atoms. The second-order valence-corrected chi connectivity index (χ2v) is 6.30. The van der Waals surface area contributed by atoms with E-state index in [2.05, 4.69) is 31.7 Å². The van der Waals surface area contributed by atoms with Crippen LogP contribution in [0.3, 0.4) is 0 Å². The molecule has 0 amide bonds. The van der Waals surface area contributed by atoms with Crippen molar-refractivity contribution < 1.29 is 0 Å². The molecule has 1 atom stereocenters. The number of halogens is 2. The van der Waals surface area contributed by atoms with E-state index in [1.807, 2.05) is 25.1 Å². The van der Waals surface area contributed by atoms with E-state index in [-0.39, 0.29) is 6.04 Å². The van der Waals surface area contributed by atoms with Gasteiger partial charge in [-0.25, -0.2) is 4.98 Å². The van der Waals surface area contributed by atoms with Crippen LogP contribution in [0.5, 0.6) is 0 Å². The van der Waals surface area contributed by atoms with Crippen LogP contribution in [0.2, 0.25) is 5.02 Å². The second-order valence-electron chi connectivity index (χ2n) is 3.95. The van der Waals surface area contributed by atoms with E-state index < -0.39 is 0 Å². The molecule has 0 aliphatic rings. The van der Waals surface area contributed by atoms with E-state index in [1.165, 1.54) is 0 Å². The maximum Gasteiger partial charge on any atom is 0.0897 e. The van der Waals surface area contributed by atoms with Gasteiger partial charge in [0.1, 0.15) is 0 Å². The summed E-state index contributed by atoms with van der Waals surface area (Å²) in [6.07, 6.45) is 0.736. The third kappa shape index (κ3) is 3.30. The zero-order valence-electron chi connectivity index (χ0n) is 9.78. The first kappa shape index (κ1) is 14.0. The van der Waals surface area contributed by atoms with Crippen molar-refractivity contribution in [2.24, 2.45) is 5.84 Å². The van der Waals surface area contributed by atoms with Gasteiger partial charge in [-0.05, 0) is 30.7 Å². The summed E-state index contributed by atoms with van der Waals surface area (Å²) < 4.78 is 0.988. The fourth-order valence-electron chi connectivity index (χ4n) is 1.75. The summed E-state index contributed by atoms with van der Waals surface area (Å²) in [7, 11) is 0. The van der Waals surface area contributed by atoms with Gasteiger partial charge in [0.25, 0.3) is 0 Å². The third-order valence-electron chi connectivity index (χ3n) is 2.61. The molecule has 0 spiro atoms. The van der Waals surface area contributed by atoms with Crippen molar-refractivity contribution >= 4 is 38.9 Å². The van der Waals surface area contributed by atoms with E-state index in [0.29, 0.717) is 5.02 Å². The zero-order chi connectivity index (χ0) is 13.1. The smallest absolute Gasteiger partial charge is 0.0897 e. The van der Waals surface area contributed by atoms with Crippen molar-refractivity contribution in [3.05, 3.63) is 49.3 Å². The summed E-state index contributed by atoms with van der Waals surface area (Å²) in [6, 6.07) is 5.67. The van der Waals surface area contributed by atoms with Crippen molar-refractivity contribution in [1.29, 1.82) is 0 Å². The van der Waals surface area contributed by atoms with E-state index in [0.717, 1.165) is 27.2 Å². The molecule has 1 aromatic carbocycles. The summed E-state index contributed by atoms with van der Waals surface area (Å²) in [6.45, 7) is 1.99. The molecule has 3 N–H and O–H groups in total. The highest BCUT2D eigenvalue weighted by Crippen LogP contribution is 2.28. The van der Waals surface area contributed by atoms with Gasteiger partial charge < -0.3 is 0 Å². The highest BCUT2D eigenvalue weighted by Gasteiger charge is 2.15. The fourth-order valence-corrected chi connectivity index (χ4v) is 3.08. The molecule has 0 radical (unpaired) electrons. The first-order valence-corrected chi connectivity index (χ1v) is 7.47. The average molecular weight is 347 g/mol. The van der Waals surface area contributed by atoms with Crippen LogP contribution in [0, 0.1) is 6.92 Å². The number of nitrogens with two attached hydrogens (primary N) is 1. The first-order chi connectivity index (χ1) is 8.60. The zero-order valence-corrected chi connectivity index (χ0v) is 12.9. The van der Waals surface area contributed by atoms with Crippen LogP contribution in [0.25, 0.3) is 0 Å². The summed E-state index contributed by atoms with van der Waals surface area (Å²) in [5, 5.41) is 3.81. The highest BCUT2D eigenvalue weighted by atomic mass is 79.9. The predicted molar refractivity (Wildman–Crippen MR) is 79.8 cm³/mol. The molecule has 1 aromatic heterocycles. The molecule has 0 aliphatic carbocycles. The van der Waals surface area contributed by atoms with E-state index in [1.54, 1.807) is 11.3 Å². The van der Waals surface area contributed by atoms with Gasteiger partial charge in [0, 0.05) is 21.3 Å². The van der Waals surface area contributed by atoms with Crippen molar-refractivity contribution in [1.82, 2.24) is 10.4 Å². The lowest BCUT2D eigenvalue weighted by molar-refractivity contribution is 0.545. The Balaban J connectivity index is 2.25. The minimum Gasteiger partial charge on any atom is -0.271 e. The van der Waals surface area contributed by atoms with Crippen molar-refractivity contribution in [2.75, 3.05) is 0 Å². The normalized spacial score (nSPS) is 12.7. The molecule has 3 nitrogen and oxygen atoms in total. The summed E-state index contributed by atoms with van der Waals surface area (Å²) in [4.78, 5) is 4.45. The van der Waals surface area contributed by atoms with Gasteiger partial charge in [-0.1, -0.05) is 27.5 Å². The Hall–Kier alpha value is -0.460. The number of hydrazine groups is 1. The quantitative estimate of drug-likeness (QED) is 0.657. The summed E-state index contributed by atoms with van der Waals surface area (Å²) in [5.41, 5.74) is 4.89. The summed E-state index contributed by atoms with van der Waals surface area (Å²) in [5.74, 6) is 5.64. The van der Waals surface area contributed by atoms with Crippen LogP contribution in [-0.2, 0) is 6.42 Å². The standard InChI is InChI=1S/C12H13BrClN3S/c1-7-16-9(6-18-7)5-12(17-15)10-4-8(14)2-3-11(10)13/h2-4,6,12,17H,5,15H2,1H3. The highest BCUT2D eigenvalue weighted by molar-refractivity contribution is 9.10. The van der Waals surface area contributed by atoms with Crippen LogP contribution in [0.15, 0.2) is 28.1 Å². The topological polar surface area (TPSA) is 50.9 Å². The van der Waals surface area contributed by atoms with Crippen molar-refractivity contribution in [3.8, 4) is 0 Å². The number of thiazole rings is 1. The van der Waals surface area contributed by atoms with Crippen LogP contribution >= 0.6 is 38.9 Å². The summed E-state index contributed by atoms with van der Waals surface area (Å²) >= 11 is 11.2. The number of nitrogens with zero attached hydrogens (tertiary/aromatic N) is 1. The lowest BCUT2D eigenvalue weighted by Crippen LogP contribution is -2.30.